The average molecular weight is 383 g/mol. The number of hydrogen-bond acceptors (Lipinski definition) is 5. The predicted octanol–water partition coefficient (Wildman–Crippen LogP) is 3.46. The van der Waals surface area contributed by atoms with Crippen molar-refractivity contribution in [1.29, 1.82) is 5.26 Å². The summed E-state index contributed by atoms with van der Waals surface area (Å²) in [6, 6.07) is 12.6. The Balaban J connectivity index is 1.76. The molecule has 1 saturated carbocycles. The minimum absolute atomic E-state index is 0.0729. The summed E-state index contributed by atoms with van der Waals surface area (Å²) in [4.78, 5) is 21.1. The molecule has 0 bridgehead atoms. The lowest BCUT2D eigenvalue weighted by atomic mass is 9.51. The Kier molecular flexibility index (Phi) is 4.06. The van der Waals surface area contributed by atoms with Crippen LogP contribution in [0.15, 0.2) is 49.1 Å². The van der Waals surface area contributed by atoms with Crippen molar-refractivity contribution in [3.63, 3.8) is 0 Å². The smallest absolute Gasteiger partial charge is 0.153 e. The summed E-state index contributed by atoms with van der Waals surface area (Å²) in [6.07, 6.45) is 7.26. The molecule has 0 amide bonds. The van der Waals surface area contributed by atoms with Crippen LogP contribution in [0.3, 0.4) is 0 Å². The van der Waals surface area contributed by atoms with Gasteiger partial charge in [0, 0.05) is 40.5 Å². The SMILES string of the molecule is C[C@@H]1C(=O)C(C#N)C[C@@]2(c3ccccc3)c3[nH]nc(-c4cncnc4)c3CCC12. The molecular weight excluding hydrogens is 362 g/mol. The minimum Gasteiger partial charge on any atom is -0.298 e. The van der Waals surface area contributed by atoms with E-state index in [-0.39, 0.29) is 17.6 Å². The number of hydrogen-bond donors (Lipinski definition) is 1. The summed E-state index contributed by atoms with van der Waals surface area (Å²) in [5, 5.41) is 17.7. The number of benzene rings is 1. The van der Waals surface area contributed by atoms with E-state index in [0.29, 0.717) is 6.42 Å². The van der Waals surface area contributed by atoms with Crippen molar-refractivity contribution in [2.75, 3.05) is 0 Å². The van der Waals surface area contributed by atoms with E-state index in [2.05, 4.69) is 38.4 Å². The third kappa shape index (κ3) is 2.47. The number of nitrogens with zero attached hydrogens (tertiary/aromatic N) is 4. The molecule has 5 rings (SSSR count). The van der Waals surface area contributed by atoms with E-state index < -0.39 is 11.3 Å². The first-order valence-electron chi connectivity index (χ1n) is 9.98. The number of nitrogens with one attached hydrogen (secondary N) is 1. The Morgan fingerprint density at radius 3 is 2.69 bits per heavy atom. The number of aromatic amines is 1. The molecule has 2 aliphatic carbocycles. The molecule has 3 aromatic rings. The topological polar surface area (TPSA) is 95.3 Å². The second kappa shape index (κ2) is 6.63. The van der Waals surface area contributed by atoms with E-state index in [0.717, 1.165) is 40.9 Å². The Morgan fingerprint density at radius 1 is 1.21 bits per heavy atom. The molecule has 2 aromatic heterocycles. The first kappa shape index (κ1) is 17.7. The first-order chi connectivity index (χ1) is 14.2. The van der Waals surface area contributed by atoms with Crippen LogP contribution in [0, 0.1) is 29.1 Å². The Morgan fingerprint density at radius 2 is 1.97 bits per heavy atom. The number of carbonyl (C=O) groups excluding carboxylic acids is 1. The highest BCUT2D eigenvalue weighted by atomic mass is 16.1. The molecule has 0 radical (unpaired) electrons. The number of nitriles is 1. The fourth-order valence-electron chi connectivity index (χ4n) is 5.56. The monoisotopic (exact) mass is 383 g/mol. The van der Waals surface area contributed by atoms with Gasteiger partial charge in [0.2, 0.25) is 0 Å². The molecule has 4 atom stereocenters. The zero-order valence-electron chi connectivity index (χ0n) is 16.2. The van der Waals surface area contributed by atoms with E-state index >= 15 is 0 Å². The van der Waals surface area contributed by atoms with Crippen molar-refractivity contribution in [2.24, 2.45) is 17.8 Å². The summed E-state index contributed by atoms with van der Waals surface area (Å²) in [5.41, 5.74) is 4.65. The van der Waals surface area contributed by atoms with E-state index in [1.165, 1.54) is 6.33 Å². The molecule has 0 aliphatic heterocycles. The maximum Gasteiger partial charge on any atom is 0.153 e. The second-order valence-corrected chi connectivity index (χ2v) is 8.11. The third-order valence-electron chi connectivity index (χ3n) is 6.85. The summed E-state index contributed by atoms with van der Waals surface area (Å²) >= 11 is 0. The summed E-state index contributed by atoms with van der Waals surface area (Å²) in [7, 11) is 0. The van der Waals surface area contributed by atoms with Crippen molar-refractivity contribution in [1.82, 2.24) is 20.2 Å². The number of rotatable bonds is 2. The molecule has 0 saturated heterocycles. The van der Waals surface area contributed by atoms with Crippen LogP contribution in [0.1, 0.15) is 36.6 Å². The van der Waals surface area contributed by atoms with Crippen LogP contribution in [0.5, 0.6) is 0 Å². The first-order valence-corrected chi connectivity index (χ1v) is 9.98. The van der Waals surface area contributed by atoms with Gasteiger partial charge < -0.3 is 0 Å². The number of Topliss-reactive ketones (excluding diaryl/α,β-unsaturated/α-hetero) is 1. The second-order valence-electron chi connectivity index (χ2n) is 8.11. The molecule has 2 heterocycles. The Labute approximate surface area is 169 Å². The molecule has 2 unspecified atom stereocenters. The summed E-state index contributed by atoms with van der Waals surface area (Å²) in [5.74, 6) is -0.577. The maximum absolute atomic E-state index is 12.9. The van der Waals surface area contributed by atoms with Crippen LogP contribution >= 0.6 is 0 Å². The lowest BCUT2D eigenvalue weighted by Gasteiger charge is -2.50. The quantitative estimate of drug-likeness (QED) is 0.731. The molecule has 29 heavy (non-hydrogen) atoms. The van der Waals surface area contributed by atoms with Crippen molar-refractivity contribution >= 4 is 5.78 Å². The maximum atomic E-state index is 12.9. The third-order valence-corrected chi connectivity index (χ3v) is 6.85. The van der Waals surface area contributed by atoms with Crippen molar-refractivity contribution in [3.8, 4) is 17.3 Å². The van der Waals surface area contributed by atoms with Crippen molar-refractivity contribution < 1.29 is 4.79 Å². The van der Waals surface area contributed by atoms with E-state index in [4.69, 9.17) is 0 Å². The molecule has 1 aromatic carbocycles. The van der Waals surface area contributed by atoms with Gasteiger partial charge in [-0.2, -0.15) is 10.4 Å². The molecule has 2 aliphatic rings. The molecule has 0 spiro atoms. The van der Waals surface area contributed by atoms with Gasteiger partial charge in [-0.3, -0.25) is 9.89 Å². The molecule has 1 fully saturated rings. The highest BCUT2D eigenvalue weighted by Gasteiger charge is 2.56. The number of aromatic nitrogens is 4. The largest absolute Gasteiger partial charge is 0.298 e. The van der Waals surface area contributed by atoms with Gasteiger partial charge in [-0.05, 0) is 30.7 Å². The zero-order valence-corrected chi connectivity index (χ0v) is 16.2. The van der Waals surface area contributed by atoms with Gasteiger partial charge in [0.25, 0.3) is 0 Å². The lowest BCUT2D eigenvalue weighted by molar-refractivity contribution is -0.131. The molecule has 6 heteroatoms. The normalized spacial score (nSPS) is 28.3. The van der Waals surface area contributed by atoms with Crippen molar-refractivity contribution in [3.05, 3.63) is 65.9 Å². The number of carbonyl (C=O) groups is 1. The van der Waals surface area contributed by atoms with Crippen molar-refractivity contribution in [2.45, 2.75) is 31.6 Å². The van der Waals surface area contributed by atoms with E-state index in [1.54, 1.807) is 12.4 Å². The highest BCUT2D eigenvalue weighted by Crippen LogP contribution is 2.56. The highest BCUT2D eigenvalue weighted by molar-refractivity contribution is 5.87. The van der Waals surface area contributed by atoms with Gasteiger partial charge in [-0.25, -0.2) is 9.97 Å². The predicted molar refractivity (Wildman–Crippen MR) is 107 cm³/mol. The van der Waals surface area contributed by atoms with Crippen LogP contribution in [0.25, 0.3) is 11.3 Å². The Bertz CT molecular complexity index is 1100. The molecular formula is C23H21N5O. The van der Waals surface area contributed by atoms with Gasteiger partial charge in [0.1, 0.15) is 12.2 Å². The van der Waals surface area contributed by atoms with E-state index in [1.807, 2.05) is 25.1 Å². The van der Waals surface area contributed by atoms with Crippen LogP contribution in [0.2, 0.25) is 0 Å². The van der Waals surface area contributed by atoms with Gasteiger partial charge in [0.05, 0.1) is 11.8 Å². The van der Waals surface area contributed by atoms with Crippen LogP contribution in [-0.2, 0) is 16.6 Å². The fourth-order valence-corrected chi connectivity index (χ4v) is 5.56. The van der Waals surface area contributed by atoms with Gasteiger partial charge in [-0.1, -0.05) is 37.3 Å². The van der Waals surface area contributed by atoms with Crippen LogP contribution < -0.4 is 0 Å². The molecule has 1 N–H and O–H groups in total. The fraction of sp³-hybridized carbons (Fsp3) is 0.348. The number of H-pyrrole nitrogens is 1. The van der Waals surface area contributed by atoms with Gasteiger partial charge in [-0.15, -0.1) is 0 Å². The zero-order chi connectivity index (χ0) is 20.0. The van der Waals surface area contributed by atoms with Crippen LogP contribution in [-0.4, -0.2) is 25.9 Å². The van der Waals surface area contributed by atoms with Crippen LogP contribution in [0.4, 0.5) is 0 Å². The average Bonchev–Trinajstić information content (AvgIpc) is 3.22. The van der Waals surface area contributed by atoms with Gasteiger partial charge in [0.15, 0.2) is 5.78 Å². The number of ketones is 1. The lowest BCUT2D eigenvalue weighted by Crippen LogP contribution is -2.52. The Hall–Kier alpha value is -3.33. The summed E-state index contributed by atoms with van der Waals surface area (Å²) < 4.78 is 0. The molecule has 144 valence electrons. The summed E-state index contributed by atoms with van der Waals surface area (Å²) in [6.45, 7) is 1.99. The van der Waals surface area contributed by atoms with Gasteiger partial charge >= 0.3 is 0 Å². The number of fused-ring (bicyclic) bond motifs is 3. The standard InChI is InChI=1S/C23H21N5O/c1-14-19-8-7-18-20(16-11-25-13-26-12-16)27-28-22(18)23(19,9-15(10-24)21(14)29)17-5-3-2-4-6-17/h2-6,11-15,19H,7-9H2,1H3,(H,27,28)/t14-,15?,19?,23-/m0/s1. The molecule has 6 nitrogen and oxygen atoms in total. The van der Waals surface area contributed by atoms with E-state index in [9.17, 15) is 10.1 Å². The minimum atomic E-state index is -0.612.